The Hall–Kier alpha value is -1.17. The molecule has 2 fully saturated rings. The average Bonchev–Trinajstić information content (AvgIpc) is 2.76. The predicted molar refractivity (Wildman–Crippen MR) is 143 cm³/mol. The van der Waals surface area contributed by atoms with Crippen LogP contribution in [0.4, 0.5) is 5.82 Å². The van der Waals surface area contributed by atoms with Crippen LogP contribution in [0.25, 0.3) is 0 Å². The lowest BCUT2D eigenvalue weighted by Gasteiger charge is -2.34. The third-order valence-electron chi connectivity index (χ3n) is 5.74. The maximum atomic E-state index is 5.95. The molecule has 0 aromatic carbocycles. The van der Waals surface area contributed by atoms with E-state index in [9.17, 15) is 0 Å². The van der Waals surface area contributed by atoms with Crippen molar-refractivity contribution in [2.24, 2.45) is 10.9 Å². The number of nitrogens with zero attached hydrogens (tertiary/aromatic N) is 5. The Morgan fingerprint density at radius 3 is 2.62 bits per heavy atom. The van der Waals surface area contributed by atoms with E-state index in [2.05, 4.69) is 70.3 Å². The molecule has 1 aromatic heterocycles. The standard InChI is InChI=1S/C23H41N7O.HI/c1-5-24-23(27-16-21-18-29(12-13-31-21)17-19(2)3)26-15-20-6-7-22(25-14-20)30-10-8-28(4)9-11-30;/h6-7,14,19,21H,5,8-13,15-18H2,1-4H3,(H2,24,26,27);1H. The van der Waals surface area contributed by atoms with Crippen LogP contribution < -0.4 is 15.5 Å². The number of anilines is 1. The molecule has 0 saturated carbocycles. The molecule has 0 radical (unpaired) electrons. The summed E-state index contributed by atoms with van der Waals surface area (Å²) in [4.78, 5) is 16.6. The number of aliphatic imine (C=N–C) groups is 1. The van der Waals surface area contributed by atoms with Crippen LogP contribution in [-0.4, -0.2) is 99.4 Å². The first kappa shape index (κ1) is 27.1. The molecule has 2 aliphatic rings. The van der Waals surface area contributed by atoms with E-state index in [1.807, 2.05) is 6.20 Å². The summed E-state index contributed by atoms with van der Waals surface area (Å²) in [7, 11) is 2.17. The first-order chi connectivity index (χ1) is 15.0. The summed E-state index contributed by atoms with van der Waals surface area (Å²) in [6.45, 7) is 17.0. The van der Waals surface area contributed by atoms with Gasteiger partial charge in [0.25, 0.3) is 0 Å². The Morgan fingerprint density at radius 2 is 1.97 bits per heavy atom. The van der Waals surface area contributed by atoms with Crippen LogP contribution in [0, 0.1) is 5.92 Å². The van der Waals surface area contributed by atoms with Crippen LogP contribution in [0.1, 0.15) is 26.3 Å². The second kappa shape index (κ2) is 14.2. The van der Waals surface area contributed by atoms with Gasteiger partial charge in [-0.15, -0.1) is 24.0 Å². The van der Waals surface area contributed by atoms with Crippen molar-refractivity contribution in [2.75, 3.05) is 77.5 Å². The zero-order chi connectivity index (χ0) is 22.1. The minimum Gasteiger partial charge on any atom is -0.374 e. The summed E-state index contributed by atoms with van der Waals surface area (Å²) in [6.07, 6.45) is 2.15. The zero-order valence-corrected chi connectivity index (χ0v) is 22.5. The van der Waals surface area contributed by atoms with E-state index in [1.54, 1.807) is 0 Å². The molecule has 32 heavy (non-hydrogen) atoms. The van der Waals surface area contributed by atoms with Gasteiger partial charge in [0.2, 0.25) is 0 Å². The monoisotopic (exact) mass is 559 g/mol. The molecule has 0 aliphatic carbocycles. The molecule has 2 N–H and O–H groups in total. The molecule has 3 heterocycles. The van der Waals surface area contributed by atoms with Crippen LogP contribution in [0.5, 0.6) is 0 Å². The highest BCUT2D eigenvalue weighted by Gasteiger charge is 2.21. The van der Waals surface area contributed by atoms with Crippen LogP contribution in [-0.2, 0) is 11.3 Å². The molecule has 0 spiro atoms. The third-order valence-corrected chi connectivity index (χ3v) is 5.74. The van der Waals surface area contributed by atoms with E-state index < -0.39 is 0 Å². The van der Waals surface area contributed by atoms with E-state index in [4.69, 9.17) is 9.73 Å². The van der Waals surface area contributed by atoms with Gasteiger partial charge in [-0.05, 0) is 31.5 Å². The van der Waals surface area contributed by atoms with Gasteiger partial charge < -0.3 is 25.2 Å². The largest absolute Gasteiger partial charge is 0.374 e. The fourth-order valence-electron chi connectivity index (χ4n) is 4.04. The smallest absolute Gasteiger partial charge is 0.191 e. The number of nitrogens with one attached hydrogen (secondary N) is 2. The average molecular weight is 560 g/mol. The molecule has 1 aromatic rings. The Bertz CT molecular complexity index is 677. The van der Waals surface area contributed by atoms with Crippen LogP contribution in [0.2, 0.25) is 0 Å². The van der Waals surface area contributed by atoms with E-state index in [0.29, 0.717) is 12.5 Å². The van der Waals surface area contributed by atoms with Crippen molar-refractivity contribution in [2.45, 2.75) is 33.4 Å². The number of hydrogen-bond donors (Lipinski definition) is 2. The van der Waals surface area contributed by atoms with E-state index in [-0.39, 0.29) is 30.1 Å². The third kappa shape index (κ3) is 8.99. The summed E-state index contributed by atoms with van der Waals surface area (Å²) in [5, 5.41) is 6.80. The van der Waals surface area contributed by atoms with Gasteiger partial charge in [0.1, 0.15) is 5.82 Å². The van der Waals surface area contributed by atoms with Crippen molar-refractivity contribution in [3.05, 3.63) is 23.9 Å². The molecule has 1 atom stereocenters. The highest BCUT2D eigenvalue weighted by atomic mass is 127. The lowest BCUT2D eigenvalue weighted by atomic mass is 10.2. The molecule has 0 amide bonds. The van der Waals surface area contributed by atoms with Crippen molar-refractivity contribution < 1.29 is 4.74 Å². The zero-order valence-electron chi connectivity index (χ0n) is 20.2. The SMILES string of the molecule is CCNC(=NCc1ccc(N2CCN(C)CC2)nc1)NCC1CN(CC(C)C)CCO1.I. The molecule has 3 rings (SSSR count). The molecule has 2 saturated heterocycles. The van der Waals surface area contributed by atoms with E-state index in [1.165, 1.54) is 0 Å². The van der Waals surface area contributed by atoms with Gasteiger partial charge in [-0.3, -0.25) is 4.90 Å². The molecule has 0 bridgehead atoms. The number of rotatable bonds is 8. The van der Waals surface area contributed by atoms with Crippen molar-refractivity contribution in [1.82, 2.24) is 25.4 Å². The minimum atomic E-state index is 0. The maximum absolute atomic E-state index is 5.95. The van der Waals surface area contributed by atoms with Gasteiger partial charge in [0, 0.05) is 65.1 Å². The number of pyridine rings is 1. The van der Waals surface area contributed by atoms with Gasteiger partial charge in [-0.2, -0.15) is 0 Å². The number of halogens is 1. The Balaban J connectivity index is 0.00000363. The fraction of sp³-hybridized carbons (Fsp3) is 0.739. The second-order valence-corrected chi connectivity index (χ2v) is 9.04. The summed E-state index contributed by atoms with van der Waals surface area (Å²) in [5.41, 5.74) is 1.12. The number of likely N-dealkylation sites (N-methyl/N-ethyl adjacent to an activating group) is 1. The Labute approximate surface area is 211 Å². The number of aromatic nitrogens is 1. The van der Waals surface area contributed by atoms with Gasteiger partial charge in [-0.1, -0.05) is 19.9 Å². The van der Waals surface area contributed by atoms with Crippen molar-refractivity contribution in [1.29, 1.82) is 0 Å². The first-order valence-corrected chi connectivity index (χ1v) is 11.8. The summed E-state index contributed by atoms with van der Waals surface area (Å²) >= 11 is 0. The summed E-state index contributed by atoms with van der Waals surface area (Å²) < 4.78 is 5.95. The van der Waals surface area contributed by atoms with E-state index in [0.717, 1.165) is 82.9 Å². The van der Waals surface area contributed by atoms with Crippen LogP contribution in [0.15, 0.2) is 23.3 Å². The van der Waals surface area contributed by atoms with Gasteiger partial charge in [0.05, 0.1) is 19.3 Å². The van der Waals surface area contributed by atoms with Crippen molar-refractivity contribution in [3.8, 4) is 0 Å². The summed E-state index contributed by atoms with van der Waals surface area (Å²) in [5.74, 6) is 2.57. The Morgan fingerprint density at radius 1 is 1.19 bits per heavy atom. The van der Waals surface area contributed by atoms with Gasteiger partial charge in [0.15, 0.2) is 5.96 Å². The lowest BCUT2D eigenvalue weighted by Crippen LogP contribution is -2.50. The number of hydrogen-bond acceptors (Lipinski definition) is 6. The van der Waals surface area contributed by atoms with Crippen LogP contribution >= 0.6 is 24.0 Å². The van der Waals surface area contributed by atoms with E-state index >= 15 is 0 Å². The first-order valence-electron chi connectivity index (χ1n) is 11.8. The second-order valence-electron chi connectivity index (χ2n) is 9.04. The number of ether oxygens (including phenoxy) is 1. The minimum absolute atomic E-state index is 0. The molecule has 8 nitrogen and oxygen atoms in total. The molecular weight excluding hydrogens is 517 g/mol. The molecule has 1 unspecified atom stereocenters. The number of morpholine rings is 1. The topological polar surface area (TPSA) is 68.3 Å². The quantitative estimate of drug-likeness (QED) is 0.287. The summed E-state index contributed by atoms with van der Waals surface area (Å²) in [6, 6.07) is 4.26. The van der Waals surface area contributed by atoms with Crippen LogP contribution in [0.3, 0.4) is 0 Å². The fourth-order valence-corrected chi connectivity index (χ4v) is 4.04. The Kier molecular flexibility index (Phi) is 12.0. The predicted octanol–water partition coefficient (Wildman–Crippen LogP) is 1.86. The highest BCUT2D eigenvalue weighted by Crippen LogP contribution is 2.14. The number of guanidine groups is 1. The van der Waals surface area contributed by atoms with Crippen molar-refractivity contribution in [3.63, 3.8) is 0 Å². The molecule has 9 heteroatoms. The molecular formula is C23H42IN7O. The normalized spacial score (nSPS) is 20.8. The van der Waals surface area contributed by atoms with Crippen molar-refractivity contribution >= 4 is 35.8 Å². The molecule has 182 valence electrons. The highest BCUT2D eigenvalue weighted by molar-refractivity contribution is 14.0. The van der Waals surface area contributed by atoms with Gasteiger partial charge in [-0.25, -0.2) is 9.98 Å². The van der Waals surface area contributed by atoms with Gasteiger partial charge >= 0.3 is 0 Å². The lowest BCUT2D eigenvalue weighted by molar-refractivity contribution is -0.0284. The number of piperazine rings is 1. The maximum Gasteiger partial charge on any atom is 0.191 e. The molecule has 2 aliphatic heterocycles.